The highest BCUT2D eigenvalue weighted by Gasteiger charge is 2.35. The van der Waals surface area contributed by atoms with Crippen LogP contribution in [0.1, 0.15) is 13.3 Å². The third-order valence-electron chi connectivity index (χ3n) is 3.44. The first kappa shape index (κ1) is 15.4. The Kier molecular flexibility index (Phi) is 4.90. The normalized spacial score (nSPS) is 19.7. The van der Waals surface area contributed by atoms with Crippen LogP contribution < -0.4 is 10.2 Å². The predicted molar refractivity (Wildman–Crippen MR) is 76.3 cm³/mol. The zero-order chi connectivity index (χ0) is 15.4. The maximum absolute atomic E-state index is 12.9. The number of nitrogens with zero attached hydrogens (tertiary/aromatic N) is 1. The number of ether oxygens (including phenoxy) is 1. The maximum Gasteiger partial charge on any atom is 0.227 e. The van der Waals surface area contributed by atoms with Crippen molar-refractivity contribution >= 4 is 17.5 Å². The fraction of sp³-hybridized carbons (Fsp3) is 0.467. The molecule has 1 aromatic rings. The summed E-state index contributed by atoms with van der Waals surface area (Å²) in [5.41, 5.74) is 0.613. The molecule has 6 heteroatoms. The van der Waals surface area contributed by atoms with Crippen LogP contribution in [0.15, 0.2) is 24.3 Å². The first-order valence-electron chi connectivity index (χ1n) is 6.86. The number of rotatable bonds is 5. The lowest BCUT2D eigenvalue weighted by molar-refractivity contribution is -0.127. The molecule has 1 N–H and O–H groups in total. The summed E-state index contributed by atoms with van der Waals surface area (Å²) >= 11 is 0. The minimum Gasteiger partial charge on any atom is -0.383 e. The fourth-order valence-electron chi connectivity index (χ4n) is 2.41. The van der Waals surface area contributed by atoms with Gasteiger partial charge >= 0.3 is 0 Å². The van der Waals surface area contributed by atoms with Crippen molar-refractivity contribution in [3.8, 4) is 0 Å². The molecule has 0 aromatic heterocycles. The quantitative estimate of drug-likeness (QED) is 0.891. The van der Waals surface area contributed by atoms with Crippen molar-refractivity contribution in [3.05, 3.63) is 30.1 Å². The second-order valence-electron chi connectivity index (χ2n) is 5.25. The first-order chi connectivity index (χ1) is 10.0. The standard InChI is InChI=1S/C15H19FN2O3/c1-10(9-21-2)17-15(20)11-7-14(19)18(8-11)13-5-3-12(16)4-6-13/h3-6,10-11H,7-9H2,1-2H3,(H,17,20)/t10-,11-/m0/s1. The Balaban J connectivity index is 1.99. The molecule has 1 saturated heterocycles. The van der Waals surface area contributed by atoms with E-state index in [1.54, 1.807) is 19.2 Å². The number of carbonyl (C=O) groups excluding carboxylic acids is 2. The fourth-order valence-corrected chi connectivity index (χ4v) is 2.41. The molecule has 0 aliphatic carbocycles. The van der Waals surface area contributed by atoms with E-state index in [1.807, 2.05) is 6.92 Å². The number of carbonyl (C=O) groups is 2. The van der Waals surface area contributed by atoms with E-state index >= 15 is 0 Å². The van der Waals surface area contributed by atoms with E-state index in [4.69, 9.17) is 4.74 Å². The van der Waals surface area contributed by atoms with Gasteiger partial charge in [-0.1, -0.05) is 0 Å². The lowest BCUT2D eigenvalue weighted by atomic mass is 10.1. The highest BCUT2D eigenvalue weighted by molar-refractivity contribution is 6.00. The summed E-state index contributed by atoms with van der Waals surface area (Å²) in [5.74, 6) is -1.02. The lowest BCUT2D eigenvalue weighted by Gasteiger charge is -2.18. The van der Waals surface area contributed by atoms with Gasteiger partial charge in [0.25, 0.3) is 0 Å². The Morgan fingerprint density at radius 2 is 2.14 bits per heavy atom. The van der Waals surface area contributed by atoms with Crippen molar-refractivity contribution < 1.29 is 18.7 Å². The Morgan fingerprint density at radius 3 is 2.76 bits per heavy atom. The minimum atomic E-state index is -0.387. The highest BCUT2D eigenvalue weighted by Crippen LogP contribution is 2.25. The number of halogens is 1. The van der Waals surface area contributed by atoms with Crippen LogP contribution in [0, 0.1) is 11.7 Å². The topological polar surface area (TPSA) is 58.6 Å². The van der Waals surface area contributed by atoms with E-state index < -0.39 is 0 Å². The molecule has 114 valence electrons. The number of nitrogens with one attached hydrogen (secondary N) is 1. The van der Waals surface area contributed by atoms with E-state index in [2.05, 4.69) is 5.32 Å². The zero-order valence-corrected chi connectivity index (χ0v) is 12.1. The first-order valence-corrected chi connectivity index (χ1v) is 6.86. The van der Waals surface area contributed by atoms with Crippen LogP contribution in [0.4, 0.5) is 10.1 Å². The number of methoxy groups -OCH3 is 1. The average Bonchev–Trinajstić information content (AvgIpc) is 2.82. The van der Waals surface area contributed by atoms with Crippen LogP contribution in [-0.4, -0.2) is 38.1 Å². The average molecular weight is 294 g/mol. The van der Waals surface area contributed by atoms with Gasteiger partial charge in [0.05, 0.1) is 12.5 Å². The molecule has 2 rings (SSSR count). The Hall–Kier alpha value is -1.95. The van der Waals surface area contributed by atoms with Crippen LogP contribution in [-0.2, 0) is 14.3 Å². The van der Waals surface area contributed by atoms with Gasteiger partial charge in [0.15, 0.2) is 0 Å². The summed E-state index contributed by atoms with van der Waals surface area (Å²) in [6.07, 6.45) is 0.170. The second-order valence-corrected chi connectivity index (χ2v) is 5.25. The van der Waals surface area contributed by atoms with Gasteiger partial charge < -0.3 is 15.0 Å². The van der Waals surface area contributed by atoms with Crippen molar-refractivity contribution in [3.63, 3.8) is 0 Å². The van der Waals surface area contributed by atoms with Crippen molar-refractivity contribution in [2.24, 2.45) is 5.92 Å². The monoisotopic (exact) mass is 294 g/mol. The molecule has 0 unspecified atom stereocenters. The largest absolute Gasteiger partial charge is 0.383 e. The third kappa shape index (κ3) is 3.78. The van der Waals surface area contributed by atoms with Gasteiger partial charge in [-0.25, -0.2) is 4.39 Å². The van der Waals surface area contributed by atoms with Gasteiger partial charge in [-0.3, -0.25) is 9.59 Å². The smallest absolute Gasteiger partial charge is 0.227 e. The van der Waals surface area contributed by atoms with E-state index in [9.17, 15) is 14.0 Å². The van der Waals surface area contributed by atoms with Crippen molar-refractivity contribution in [1.82, 2.24) is 5.32 Å². The van der Waals surface area contributed by atoms with Crippen LogP contribution in [0.3, 0.4) is 0 Å². The molecule has 1 fully saturated rings. The van der Waals surface area contributed by atoms with E-state index in [1.165, 1.54) is 17.0 Å². The molecule has 0 saturated carbocycles. The van der Waals surface area contributed by atoms with Crippen LogP contribution >= 0.6 is 0 Å². The maximum atomic E-state index is 12.9. The molecule has 1 aliphatic rings. The molecular weight excluding hydrogens is 275 g/mol. The molecule has 2 amide bonds. The molecule has 5 nitrogen and oxygen atoms in total. The molecule has 1 heterocycles. The number of amides is 2. The Morgan fingerprint density at radius 1 is 1.48 bits per heavy atom. The summed E-state index contributed by atoms with van der Waals surface area (Å²) in [6, 6.07) is 5.59. The van der Waals surface area contributed by atoms with Crippen molar-refractivity contribution in [1.29, 1.82) is 0 Å². The number of anilines is 1. The van der Waals surface area contributed by atoms with Gasteiger partial charge in [-0.2, -0.15) is 0 Å². The molecular formula is C15H19FN2O3. The van der Waals surface area contributed by atoms with Crippen LogP contribution in [0.25, 0.3) is 0 Å². The van der Waals surface area contributed by atoms with Gasteiger partial charge in [-0.05, 0) is 31.2 Å². The van der Waals surface area contributed by atoms with Crippen LogP contribution in [0.5, 0.6) is 0 Å². The van der Waals surface area contributed by atoms with Gasteiger partial charge in [0, 0.05) is 31.8 Å². The molecule has 2 atom stereocenters. The third-order valence-corrected chi connectivity index (χ3v) is 3.44. The molecule has 1 aliphatic heterocycles. The molecule has 0 bridgehead atoms. The van der Waals surface area contributed by atoms with Crippen molar-refractivity contribution in [2.45, 2.75) is 19.4 Å². The molecule has 21 heavy (non-hydrogen) atoms. The van der Waals surface area contributed by atoms with E-state index in [0.29, 0.717) is 18.8 Å². The number of hydrogen-bond donors (Lipinski definition) is 1. The Bertz CT molecular complexity index is 518. The van der Waals surface area contributed by atoms with Crippen molar-refractivity contribution in [2.75, 3.05) is 25.2 Å². The molecule has 1 aromatic carbocycles. The number of hydrogen-bond acceptors (Lipinski definition) is 3. The van der Waals surface area contributed by atoms with E-state index in [-0.39, 0.29) is 36.0 Å². The molecule has 0 spiro atoms. The highest BCUT2D eigenvalue weighted by atomic mass is 19.1. The second kappa shape index (κ2) is 6.67. The predicted octanol–water partition coefficient (Wildman–Crippen LogP) is 1.33. The van der Waals surface area contributed by atoms with Gasteiger partial charge in [-0.15, -0.1) is 0 Å². The summed E-state index contributed by atoms with van der Waals surface area (Å²) in [7, 11) is 1.57. The summed E-state index contributed by atoms with van der Waals surface area (Å²) in [4.78, 5) is 25.6. The Labute approximate surface area is 123 Å². The van der Waals surface area contributed by atoms with E-state index in [0.717, 1.165) is 0 Å². The van der Waals surface area contributed by atoms with Gasteiger partial charge in [0.2, 0.25) is 11.8 Å². The summed E-state index contributed by atoms with van der Waals surface area (Å²) < 4.78 is 17.9. The summed E-state index contributed by atoms with van der Waals surface area (Å²) in [6.45, 7) is 2.58. The SMILES string of the molecule is COC[C@H](C)NC(=O)[C@H]1CC(=O)N(c2ccc(F)cc2)C1. The summed E-state index contributed by atoms with van der Waals surface area (Å²) in [5, 5.41) is 2.82. The lowest BCUT2D eigenvalue weighted by Crippen LogP contribution is -2.40. The number of benzene rings is 1. The minimum absolute atomic E-state index is 0.0996. The van der Waals surface area contributed by atoms with Gasteiger partial charge in [0.1, 0.15) is 5.82 Å². The van der Waals surface area contributed by atoms with Crippen LogP contribution in [0.2, 0.25) is 0 Å². The molecule has 0 radical (unpaired) electrons. The zero-order valence-electron chi connectivity index (χ0n) is 12.1.